The summed E-state index contributed by atoms with van der Waals surface area (Å²) in [5.41, 5.74) is 8.77. The number of amides is 1. The molecule has 3 heterocycles. The van der Waals surface area contributed by atoms with Crippen molar-refractivity contribution in [3.63, 3.8) is 0 Å². The fraction of sp³-hybridized carbons (Fsp3) is 0.304. The van der Waals surface area contributed by atoms with Crippen LogP contribution in [-0.2, 0) is 0 Å². The lowest BCUT2D eigenvalue weighted by Crippen LogP contribution is -2.35. The molecule has 0 aliphatic heterocycles. The lowest BCUT2D eigenvalue weighted by atomic mass is 9.96. The number of nitrogens with one attached hydrogen (secondary N) is 1. The summed E-state index contributed by atoms with van der Waals surface area (Å²) in [5, 5.41) is 20.7. The van der Waals surface area contributed by atoms with Gasteiger partial charge in [0.2, 0.25) is 5.95 Å². The van der Waals surface area contributed by atoms with Crippen molar-refractivity contribution in [3.05, 3.63) is 65.9 Å². The van der Waals surface area contributed by atoms with Crippen LogP contribution in [0.15, 0.2) is 48.9 Å². The van der Waals surface area contributed by atoms with Crippen LogP contribution < -0.4 is 11.1 Å². The molecule has 0 radical (unpaired) electrons. The van der Waals surface area contributed by atoms with Crippen molar-refractivity contribution >= 4 is 17.5 Å². The average molecular weight is 452 g/mol. The van der Waals surface area contributed by atoms with Crippen LogP contribution in [0.3, 0.4) is 0 Å². The number of nitrogen functional groups attached to an aromatic ring is 1. The highest BCUT2D eigenvalue weighted by Crippen LogP contribution is 2.29. The van der Waals surface area contributed by atoms with E-state index in [1.165, 1.54) is 16.6 Å². The average Bonchev–Trinajstić information content (AvgIpc) is 3.40. The first-order valence-electron chi connectivity index (χ1n) is 10.6. The number of anilines is 1. The van der Waals surface area contributed by atoms with Crippen LogP contribution in [0.1, 0.15) is 42.7 Å². The van der Waals surface area contributed by atoms with Gasteiger partial charge in [-0.1, -0.05) is 26.0 Å². The Bertz CT molecular complexity index is 1280. The summed E-state index contributed by atoms with van der Waals surface area (Å²) < 4.78 is 16.7. The Hall–Kier alpha value is -3.79. The van der Waals surface area contributed by atoms with Gasteiger partial charge in [-0.05, 0) is 36.6 Å². The molecule has 4 N–H and O–H groups in total. The van der Waals surface area contributed by atoms with Crippen LogP contribution in [0.4, 0.5) is 10.3 Å². The zero-order valence-electron chi connectivity index (χ0n) is 18.6. The molecule has 0 aliphatic carbocycles. The summed E-state index contributed by atoms with van der Waals surface area (Å²) in [5.74, 6) is -0.441. The van der Waals surface area contributed by atoms with Crippen molar-refractivity contribution in [3.8, 4) is 11.1 Å². The van der Waals surface area contributed by atoms with E-state index in [2.05, 4.69) is 34.3 Å². The minimum atomic E-state index is -0.424. The molecule has 3 aromatic heterocycles. The first-order chi connectivity index (χ1) is 15.8. The number of carbonyl (C=O) groups is 1. The third-order valence-corrected chi connectivity index (χ3v) is 5.41. The van der Waals surface area contributed by atoms with Crippen LogP contribution in [0, 0.1) is 11.7 Å². The number of benzene rings is 1. The van der Waals surface area contributed by atoms with Gasteiger partial charge in [-0.25, -0.2) is 8.91 Å². The monoisotopic (exact) mass is 451 g/mol. The maximum absolute atomic E-state index is 13.4. The van der Waals surface area contributed by atoms with Crippen molar-refractivity contribution in [2.75, 3.05) is 12.3 Å². The van der Waals surface area contributed by atoms with Crippen LogP contribution in [0.5, 0.6) is 0 Å². The Kier molecular flexibility index (Phi) is 6.10. The zero-order chi connectivity index (χ0) is 23.7. The summed E-state index contributed by atoms with van der Waals surface area (Å²) in [6.07, 6.45) is 5.32. The number of pyridine rings is 1. The second-order valence-electron chi connectivity index (χ2n) is 8.39. The molecular formula is C23H26FN7O2. The number of nitrogens with two attached hydrogens (primary N) is 1. The minimum Gasteiger partial charge on any atom is -0.394 e. The van der Waals surface area contributed by atoms with Crippen LogP contribution >= 0.6 is 0 Å². The van der Waals surface area contributed by atoms with Crippen molar-refractivity contribution < 1.29 is 14.3 Å². The number of halogens is 1. The fourth-order valence-corrected chi connectivity index (χ4v) is 3.82. The van der Waals surface area contributed by atoms with Crippen molar-refractivity contribution in [2.45, 2.75) is 32.9 Å². The third-order valence-electron chi connectivity index (χ3n) is 5.41. The summed E-state index contributed by atoms with van der Waals surface area (Å²) in [6, 6.07) is 7.58. The number of aliphatic hydroxyl groups is 1. The molecule has 0 aliphatic rings. The van der Waals surface area contributed by atoms with Crippen LogP contribution in [-0.4, -0.2) is 48.0 Å². The number of fused-ring (bicyclic) bond motifs is 1. The van der Waals surface area contributed by atoms with Crippen molar-refractivity contribution in [2.24, 2.45) is 5.92 Å². The lowest BCUT2D eigenvalue weighted by molar-refractivity contribution is 0.0923. The molecule has 1 aromatic carbocycles. The quantitative estimate of drug-likeness (QED) is 0.397. The molecule has 4 rings (SSSR count). The van der Waals surface area contributed by atoms with Gasteiger partial charge in [0.05, 0.1) is 24.4 Å². The number of nitrogens with zero attached hydrogens (tertiary/aromatic N) is 5. The SMILES string of the molecule is CC(CO)NC(=O)c1cc(-c2cnn(C(c3ccc(F)cc3)C(C)C)c2)cn2nc(N)nc12. The second kappa shape index (κ2) is 8.99. The predicted octanol–water partition coefficient (Wildman–Crippen LogP) is 2.67. The molecule has 10 heteroatoms. The van der Waals surface area contributed by atoms with Gasteiger partial charge in [0, 0.05) is 29.6 Å². The maximum atomic E-state index is 13.4. The Balaban J connectivity index is 1.75. The summed E-state index contributed by atoms with van der Waals surface area (Å²) in [4.78, 5) is 17.0. The molecule has 0 bridgehead atoms. The van der Waals surface area contributed by atoms with Crippen molar-refractivity contribution in [1.82, 2.24) is 29.7 Å². The van der Waals surface area contributed by atoms with Crippen molar-refractivity contribution in [1.29, 1.82) is 0 Å². The number of rotatable bonds is 7. The summed E-state index contributed by atoms with van der Waals surface area (Å²) in [6.45, 7) is 5.65. The highest BCUT2D eigenvalue weighted by Gasteiger charge is 2.21. The lowest BCUT2D eigenvalue weighted by Gasteiger charge is -2.22. The molecule has 33 heavy (non-hydrogen) atoms. The van der Waals surface area contributed by atoms with Gasteiger partial charge in [-0.2, -0.15) is 10.1 Å². The van der Waals surface area contributed by atoms with Crippen LogP contribution in [0.25, 0.3) is 16.8 Å². The number of hydrogen-bond acceptors (Lipinski definition) is 6. The van der Waals surface area contributed by atoms with E-state index >= 15 is 0 Å². The number of aliphatic hydroxyl groups excluding tert-OH is 1. The van der Waals surface area contributed by atoms with E-state index in [4.69, 9.17) is 5.73 Å². The van der Waals surface area contributed by atoms with Gasteiger partial charge in [0.15, 0.2) is 5.65 Å². The Morgan fingerprint density at radius 3 is 2.58 bits per heavy atom. The first-order valence-corrected chi connectivity index (χ1v) is 10.6. The highest BCUT2D eigenvalue weighted by atomic mass is 19.1. The topological polar surface area (TPSA) is 123 Å². The van der Waals surface area contributed by atoms with E-state index in [-0.39, 0.29) is 35.9 Å². The fourth-order valence-electron chi connectivity index (χ4n) is 3.82. The zero-order valence-corrected chi connectivity index (χ0v) is 18.6. The van der Waals surface area contributed by atoms with Gasteiger partial charge in [0.1, 0.15) is 5.82 Å². The third kappa shape index (κ3) is 4.56. The van der Waals surface area contributed by atoms with E-state index in [0.717, 1.165) is 11.1 Å². The Labute approximate surface area is 190 Å². The summed E-state index contributed by atoms with van der Waals surface area (Å²) >= 11 is 0. The van der Waals surface area contributed by atoms with E-state index in [1.54, 1.807) is 37.5 Å². The Morgan fingerprint density at radius 2 is 1.91 bits per heavy atom. The molecule has 9 nitrogen and oxygen atoms in total. The molecule has 0 saturated carbocycles. The van der Waals surface area contributed by atoms with E-state index in [1.807, 2.05) is 10.9 Å². The maximum Gasteiger partial charge on any atom is 0.255 e. The molecule has 0 fully saturated rings. The number of carbonyl (C=O) groups excluding carboxylic acids is 1. The molecule has 0 spiro atoms. The normalized spacial score (nSPS) is 13.4. The van der Waals surface area contributed by atoms with Gasteiger partial charge in [-0.15, -0.1) is 5.10 Å². The smallest absolute Gasteiger partial charge is 0.255 e. The second-order valence-corrected chi connectivity index (χ2v) is 8.39. The minimum absolute atomic E-state index is 0.0447. The van der Waals surface area contributed by atoms with E-state index in [9.17, 15) is 14.3 Å². The van der Waals surface area contributed by atoms with E-state index < -0.39 is 11.9 Å². The largest absolute Gasteiger partial charge is 0.394 e. The predicted molar refractivity (Wildman–Crippen MR) is 122 cm³/mol. The van der Waals surface area contributed by atoms with Crippen LogP contribution in [0.2, 0.25) is 0 Å². The van der Waals surface area contributed by atoms with Gasteiger partial charge >= 0.3 is 0 Å². The molecule has 2 atom stereocenters. The molecule has 2 unspecified atom stereocenters. The first kappa shape index (κ1) is 22.4. The standard InChI is InChI=1S/C23H26FN7O2/c1-13(2)20(15-4-6-18(24)7-5-15)30-11-17(9-26-30)16-8-19(22(33)27-14(3)12-32)21-28-23(25)29-31(21)10-16/h4-11,13-14,20,32H,12H2,1-3H3,(H2,25,29)(H,27,33). The molecule has 172 valence electrons. The molecule has 4 aromatic rings. The molecule has 0 saturated heterocycles. The summed E-state index contributed by atoms with van der Waals surface area (Å²) in [7, 11) is 0. The molecular weight excluding hydrogens is 425 g/mol. The number of aromatic nitrogens is 5. The van der Waals surface area contributed by atoms with Gasteiger partial charge < -0.3 is 16.2 Å². The van der Waals surface area contributed by atoms with Gasteiger partial charge in [-0.3, -0.25) is 9.48 Å². The van der Waals surface area contributed by atoms with Gasteiger partial charge in [0.25, 0.3) is 5.91 Å². The number of hydrogen-bond donors (Lipinski definition) is 3. The van der Waals surface area contributed by atoms with E-state index in [0.29, 0.717) is 11.2 Å². The Morgan fingerprint density at radius 1 is 1.18 bits per heavy atom. The highest BCUT2D eigenvalue weighted by molar-refractivity contribution is 6.01. The molecule has 1 amide bonds.